The summed E-state index contributed by atoms with van der Waals surface area (Å²) in [5.74, 6) is 2.54. The van der Waals surface area contributed by atoms with Gasteiger partial charge in [-0.25, -0.2) is 9.97 Å². The molecule has 1 spiro atoms. The monoisotopic (exact) mass is 274 g/mol. The molecule has 0 unspecified atom stereocenters. The molecule has 4 nitrogen and oxygen atoms in total. The third kappa shape index (κ3) is 2.74. The maximum absolute atomic E-state index is 5.93. The van der Waals surface area contributed by atoms with Gasteiger partial charge in [0.05, 0.1) is 0 Å². The number of aromatic nitrogens is 2. The molecule has 1 aromatic heterocycles. The molecule has 1 saturated heterocycles. The zero-order valence-corrected chi connectivity index (χ0v) is 12.6. The second-order valence-corrected chi connectivity index (χ2v) is 6.51. The van der Waals surface area contributed by atoms with Crippen LogP contribution in [0.1, 0.15) is 57.7 Å². The lowest BCUT2D eigenvalue weighted by atomic mass is 9.77. The first-order valence-corrected chi connectivity index (χ1v) is 8.09. The topological polar surface area (TPSA) is 55.0 Å². The van der Waals surface area contributed by atoms with Crippen LogP contribution in [-0.2, 0) is 6.42 Å². The first-order chi connectivity index (χ1) is 9.71. The SMILES string of the molecule is CCCc1nc(N)cc(N2CCC3(CCCC3)CC2)n1. The largest absolute Gasteiger partial charge is 0.384 e. The second kappa shape index (κ2) is 5.58. The highest BCUT2D eigenvalue weighted by Crippen LogP contribution is 2.46. The first-order valence-electron chi connectivity index (χ1n) is 8.09. The van der Waals surface area contributed by atoms with Gasteiger partial charge in [-0.1, -0.05) is 19.8 Å². The molecule has 1 aliphatic heterocycles. The maximum atomic E-state index is 5.93. The number of hydrogen-bond donors (Lipinski definition) is 1. The average Bonchev–Trinajstić information content (AvgIpc) is 2.88. The molecule has 1 saturated carbocycles. The summed E-state index contributed by atoms with van der Waals surface area (Å²) in [6, 6.07) is 1.94. The maximum Gasteiger partial charge on any atom is 0.134 e. The molecule has 2 N–H and O–H groups in total. The van der Waals surface area contributed by atoms with Crippen molar-refractivity contribution in [3.05, 3.63) is 11.9 Å². The molecule has 4 heteroatoms. The Morgan fingerprint density at radius 2 is 1.85 bits per heavy atom. The van der Waals surface area contributed by atoms with Crippen molar-refractivity contribution in [2.75, 3.05) is 23.7 Å². The quantitative estimate of drug-likeness (QED) is 0.919. The van der Waals surface area contributed by atoms with Crippen molar-refractivity contribution in [1.82, 2.24) is 9.97 Å². The van der Waals surface area contributed by atoms with Gasteiger partial charge in [-0.05, 0) is 37.5 Å². The number of aryl methyl sites for hydroxylation is 1. The fourth-order valence-electron chi connectivity index (χ4n) is 3.84. The van der Waals surface area contributed by atoms with E-state index in [1.165, 1.54) is 38.5 Å². The Balaban J connectivity index is 1.71. The predicted octanol–water partition coefficient (Wildman–Crippen LogP) is 3.17. The molecular formula is C16H26N4. The van der Waals surface area contributed by atoms with Gasteiger partial charge in [0.2, 0.25) is 0 Å². The normalized spacial score (nSPS) is 21.6. The molecule has 0 amide bonds. The highest BCUT2D eigenvalue weighted by Gasteiger charge is 2.37. The number of rotatable bonds is 3. The van der Waals surface area contributed by atoms with Gasteiger partial charge in [-0.2, -0.15) is 0 Å². The fourth-order valence-corrected chi connectivity index (χ4v) is 3.84. The van der Waals surface area contributed by atoms with Crippen molar-refractivity contribution < 1.29 is 0 Å². The zero-order valence-electron chi connectivity index (χ0n) is 12.6. The summed E-state index contributed by atoms with van der Waals surface area (Å²) in [7, 11) is 0. The van der Waals surface area contributed by atoms with Crippen LogP contribution >= 0.6 is 0 Å². The molecule has 1 aliphatic carbocycles. The van der Waals surface area contributed by atoms with E-state index in [0.717, 1.165) is 37.6 Å². The molecular weight excluding hydrogens is 248 g/mol. The fraction of sp³-hybridized carbons (Fsp3) is 0.750. The van der Waals surface area contributed by atoms with Crippen LogP contribution in [0.4, 0.5) is 11.6 Å². The van der Waals surface area contributed by atoms with Crippen molar-refractivity contribution in [2.45, 2.75) is 58.3 Å². The molecule has 2 fully saturated rings. The van der Waals surface area contributed by atoms with E-state index < -0.39 is 0 Å². The third-order valence-electron chi connectivity index (χ3n) is 5.06. The molecule has 0 aromatic carbocycles. The van der Waals surface area contributed by atoms with Crippen LogP contribution < -0.4 is 10.6 Å². The van der Waals surface area contributed by atoms with Crippen molar-refractivity contribution >= 4 is 11.6 Å². The molecule has 110 valence electrons. The van der Waals surface area contributed by atoms with Crippen LogP contribution in [0.2, 0.25) is 0 Å². The van der Waals surface area contributed by atoms with E-state index in [0.29, 0.717) is 11.2 Å². The van der Waals surface area contributed by atoms with Crippen LogP contribution in [0.25, 0.3) is 0 Å². The van der Waals surface area contributed by atoms with Crippen LogP contribution in [0.5, 0.6) is 0 Å². The van der Waals surface area contributed by atoms with Crippen molar-refractivity contribution in [1.29, 1.82) is 0 Å². The Kier molecular flexibility index (Phi) is 3.81. The van der Waals surface area contributed by atoms with Crippen molar-refractivity contribution in [2.24, 2.45) is 5.41 Å². The van der Waals surface area contributed by atoms with Gasteiger partial charge in [-0.15, -0.1) is 0 Å². The van der Waals surface area contributed by atoms with Gasteiger partial charge in [0.25, 0.3) is 0 Å². The number of nitrogens with two attached hydrogens (primary N) is 1. The highest BCUT2D eigenvalue weighted by atomic mass is 15.2. The Hall–Kier alpha value is -1.32. The van der Waals surface area contributed by atoms with E-state index >= 15 is 0 Å². The molecule has 2 aliphatic rings. The minimum absolute atomic E-state index is 0.611. The van der Waals surface area contributed by atoms with E-state index in [1.54, 1.807) is 0 Å². The van der Waals surface area contributed by atoms with E-state index in [-0.39, 0.29) is 0 Å². The number of anilines is 2. The smallest absolute Gasteiger partial charge is 0.134 e. The van der Waals surface area contributed by atoms with E-state index in [2.05, 4.69) is 16.8 Å². The summed E-state index contributed by atoms with van der Waals surface area (Å²) in [5, 5.41) is 0. The van der Waals surface area contributed by atoms with Crippen molar-refractivity contribution in [3.63, 3.8) is 0 Å². The molecule has 0 radical (unpaired) electrons. The predicted molar refractivity (Wildman–Crippen MR) is 82.8 cm³/mol. The standard InChI is InChI=1S/C16H26N4/c1-2-5-14-18-13(17)12-15(19-14)20-10-8-16(9-11-20)6-3-4-7-16/h12H,2-11H2,1H3,(H2,17,18,19). The van der Waals surface area contributed by atoms with Crippen LogP contribution in [-0.4, -0.2) is 23.1 Å². The molecule has 0 atom stereocenters. The van der Waals surface area contributed by atoms with E-state index in [1.807, 2.05) is 6.07 Å². The van der Waals surface area contributed by atoms with E-state index in [9.17, 15) is 0 Å². The molecule has 0 bridgehead atoms. The van der Waals surface area contributed by atoms with Gasteiger partial charge < -0.3 is 10.6 Å². The summed E-state index contributed by atoms with van der Waals surface area (Å²) >= 11 is 0. The van der Waals surface area contributed by atoms with Gasteiger partial charge >= 0.3 is 0 Å². The van der Waals surface area contributed by atoms with Crippen LogP contribution in [0, 0.1) is 5.41 Å². The Labute approximate surface area is 121 Å². The number of hydrogen-bond acceptors (Lipinski definition) is 4. The van der Waals surface area contributed by atoms with Gasteiger partial charge in [0.15, 0.2) is 0 Å². The first kappa shape index (κ1) is 13.7. The lowest BCUT2D eigenvalue weighted by Crippen LogP contribution is -2.39. The summed E-state index contributed by atoms with van der Waals surface area (Å²) in [4.78, 5) is 11.4. The lowest BCUT2D eigenvalue weighted by Gasteiger charge is -2.40. The minimum atomic E-state index is 0.611. The van der Waals surface area contributed by atoms with Gasteiger partial charge in [0.1, 0.15) is 17.5 Å². The zero-order chi connectivity index (χ0) is 14.0. The summed E-state index contributed by atoms with van der Waals surface area (Å²) in [5.41, 5.74) is 6.59. The third-order valence-corrected chi connectivity index (χ3v) is 5.06. The number of nitrogen functional groups attached to an aromatic ring is 1. The summed E-state index contributed by atoms with van der Waals surface area (Å²) in [6.45, 7) is 4.40. The lowest BCUT2D eigenvalue weighted by molar-refractivity contribution is 0.226. The number of piperidine rings is 1. The molecule has 1 aromatic rings. The molecule has 3 rings (SSSR count). The number of nitrogens with zero attached hydrogens (tertiary/aromatic N) is 3. The molecule has 20 heavy (non-hydrogen) atoms. The average molecular weight is 274 g/mol. The Morgan fingerprint density at radius 1 is 1.15 bits per heavy atom. The highest BCUT2D eigenvalue weighted by molar-refractivity contribution is 5.47. The van der Waals surface area contributed by atoms with Crippen LogP contribution in [0.15, 0.2) is 6.07 Å². The Bertz CT molecular complexity index is 456. The summed E-state index contributed by atoms with van der Waals surface area (Å²) in [6.07, 6.45) is 10.4. The van der Waals surface area contributed by atoms with Crippen molar-refractivity contribution in [3.8, 4) is 0 Å². The van der Waals surface area contributed by atoms with Gasteiger partial charge in [0, 0.05) is 25.6 Å². The van der Waals surface area contributed by atoms with Gasteiger partial charge in [-0.3, -0.25) is 0 Å². The Morgan fingerprint density at radius 3 is 2.50 bits per heavy atom. The summed E-state index contributed by atoms with van der Waals surface area (Å²) < 4.78 is 0. The second-order valence-electron chi connectivity index (χ2n) is 6.51. The minimum Gasteiger partial charge on any atom is -0.384 e. The van der Waals surface area contributed by atoms with Crippen LogP contribution in [0.3, 0.4) is 0 Å². The van der Waals surface area contributed by atoms with E-state index in [4.69, 9.17) is 10.7 Å². The molecule has 2 heterocycles.